The van der Waals surface area contributed by atoms with Crippen molar-refractivity contribution in [2.45, 2.75) is 25.6 Å². The van der Waals surface area contributed by atoms with Gasteiger partial charge in [0.05, 0.1) is 0 Å². The molecule has 0 amide bonds. The number of rotatable bonds is 6. The lowest BCUT2D eigenvalue weighted by Gasteiger charge is -2.35. The molecule has 1 atom stereocenters. The highest BCUT2D eigenvalue weighted by Gasteiger charge is 2.25. The van der Waals surface area contributed by atoms with Gasteiger partial charge in [-0.15, -0.1) is 11.3 Å². The van der Waals surface area contributed by atoms with E-state index in [0.29, 0.717) is 6.04 Å². The number of hydrogen-bond donors (Lipinski definition) is 1. The van der Waals surface area contributed by atoms with Gasteiger partial charge in [0.2, 0.25) is 0 Å². The Morgan fingerprint density at radius 2 is 2.04 bits per heavy atom. The molecular weight excluding hydrogens is 326 g/mol. The summed E-state index contributed by atoms with van der Waals surface area (Å²) >= 11 is 1.90. The van der Waals surface area contributed by atoms with Crippen molar-refractivity contribution in [3.63, 3.8) is 0 Å². The molecule has 0 aliphatic carbocycles. The molecule has 4 rings (SSSR count). The Kier molecular flexibility index (Phi) is 5.21. The Morgan fingerprint density at radius 3 is 2.88 bits per heavy atom. The molecule has 0 radical (unpaired) electrons. The largest absolute Gasteiger partial charge is 0.311 e. The van der Waals surface area contributed by atoms with Crippen LogP contribution >= 0.6 is 11.3 Å². The van der Waals surface area contributed by atoms with E-state index in [4.69, 9.17) is 0 Å². The Hall–Kier alpha value is -2.01. The molecule has 128 valence electrons. The molecule has 0 fully saturated rings. The van der Waals surface area contributed by atoms with Crippen LogP contribution in [0.25, 0.3) is 0 Å². The van der Waals surface area contributed by atoms with Gasteiger partial charge in [-0.2, -0.15) is 0 Å². The van der Waals surface area contributed by atoms with Gasteiger partial charge < -0.3 is 5.32 Å². The van der Waals surface area contributed by atoms with E-state index in [1.807, 2.05) is 29.8 Å². The molecule has 0 bridgehead atoms. The number of fused-ring (bicyclic) bond motifs is 1. The first-order valence-electron chi connectivity index (χ1n) is 8.84. The third-order valence-corrected chi connectivity index (χ3v) is 5.87. The number of benzene rings is 1. The maximum Gasteiger partial charge on any atom is 0.0476 e. The van der Waals surface area contributed by atoms with Gasteiger partial charge in [0.15, 0.2) is 0 Å². The fraction of sp³-hybridized carbons (Fsp3) is 0.286. The zero-order chi connectivity index (χ0) is 16.9. The lowest BCUT2D eigenvalue weighted by Crippen LogP contribution is -2.38. The highest BCUT2D eigenvalue weighted by atomic mass is 32.1. The van der Waals surface area contributed by atoms with Gasteiger partial charge in [-0.05, 0) is 40.6 Å². The van der Waals surface area contributed by atoms with Crippen LogP contribution < -0.4 is 5.32 Å². The lowest BCUT2D eigenvalue weighted by molar-refractivity contribution is 0.176. The van der Waals surface area contributed by atoms with Crippen LogP contribution in [0.2, 0.25) is 0 Å². The zero-order valence-corrected chi connectivity index (χ0v) is 15.1. The highest BCUT2D eigenvalue weighted by molar-refractivity contribution is 7.10. The molecule has 3 aromatic rings. The summed E-state index contributed by atoms with van der Waals surface area (Å²) in [5, 5.41) is 5.86. The summed E-state index contributed by atoms with van der Waals surface area (Å²) in [5.41, 5.74) is 4.12. The minimum Gasteiger partial charge on any atom is -0.311 e. The number of nitrogens with zero attached hydrogens (tertiary/aromatic N) is 2. The molecule has 3 heterocycles. The van der Waals surface area contributed by atoms with E-state index in [1.54, 1.807) is 4.88 Å². The minimum absolute atomic E-state index is 0.394. The number of hydrogen-bond acceptors (Lipinski definition) is 4. The van der Waals surface area contributed by atoms with Crippen molar-refractivity contribution in [2.75, 3.05) is 13.1 Å². The van der Waals surface area contributed by atoms with Crippen molar-refractivity contribution >= 4 is 11.3 Å². The summed E-state index contributed by atoms with van der Waals surface area (Å²) in [4.78, 5) is 8.37. The molecular formula is C21H23N3S. The second-order valence-corrected chi connectivity index (χ2v) is 7.51. The monoisotopic (exact) mass is 349 g/mol. The second kappa shape index (κ2) is 7.91. The molecule has 1 unspecified atom stereocenters. The van der Waals surface area contributed by atoms with Crippen molar-refractivity contribution in [1.29, 1.82) is 0 Å². The summed E-state index contributed by atoms with van der Waals surface area (Å²) in [6.45, 7) is 3.97. The van der Waals surface area contributed by atoms with E-state index < -0.39 is 0 Å². The summed E-state index contributed by atoms with van der Waals surface area (Å²) in [7, 11) is 0. The number of pyridine rings is 1. The van der Waals surface area contributed by atoms with Crippen LogP contribution in [-0.4, -0.2) is 23.0 Å². The zero-order valence-electron chi connectivity index (χ0n) is 14.3. The van der Waals surface area contributed by atoms with Gasteiger partial charge in [-0.1, -0.05) is 36.4 Å². The van der Waals surface area contributed by atoms with Crippen LogP contribution in [0, 0.1) is 0 Å². The Balaban J connectivity index is 1.47. The molecule has 1 aliphatic heterocycles. The van der Waals surface area contributed by atoms with Gasteiger partial charge in [0.25, 0.3) is 0 Å². The molecule has 25 heavy (non-hydrogen) atoms. The third-order valence-electron chi connectivity index (χ3n) is 4.85. The smallest absolute Gasteiger partial charge is 0.0476 e. The predicted octanol–water partition coefficient (Wildman–Crippen LogP) is 4.03. The van der Waals surface area contributed by atoms with Crippen LogP contribution in [0.15, 0.2) is 66.3 Å². The van der Waals surface area contributed by atoms with Gasteiger partial charge in [-0.3, -0.25) is 9.88 Å². The Bertz CT molecular complexity index is 785. The van der Waals surface area contributed by atoms with Crippen molar-refractivity contribution in [1.82, 2.24) is 15.2 Å². The SMILES string of the molecule is c1ccc(C(CNCc2cccnc2)N2CCc3sccc3C2)cc1. The van der Waals surface area contributed by atoms with Gasteiger partial charge in [0, 0.05) is 49.5 Å². The summed E-state index contributed by atoms with van der Waals surface area (Å²) in [6, 6.07) is 17.7. The normalized spacial score (nSPS) is 15.7. The van der Waals surface area contributed by atoms with E-state index in [1.165, 1.54) is 23.1 Å². The number of thiophene rings is 1. The van der Waals surface area contributed by atoms with Crippen LogP contribution in [-0.2, 0) is 19.5 Å². The van der Waals surface area contributed by atoms with E-state index in [0.717, 1.165) is 26.2 Å². The lowest BCUT2D eigenvalue weighted by atomic mass is 10.0. The maximum atomic E-state index is 4.20. The number of aromatic nitrogens is 1. The molecule has 4 heteroatoms. The maximum absolute atomic E-state index is 4.20. The van der Waals surface area contributed by atoms with E-state index >= 15 is 0 Å². The highest BCUT2D eigenvalue weighted by Crippen LogP contribution is 2.30. The molecule has 2 aromatic heterocycles. The fourth-order valence-electron chi connectivity index (χ4n) is 3.53. The molecule has 0 saturated carbocycles. The molecule has 1 aliphatic rings. The topological polar surface area (TPSA) is 28.2 Å². The standard InChI is InChI=1S/C21H23N3S/c1-2-6-18(7-3-1)20(15-23-14-17-5-4-10-22-13-17)24-11-8-21-19(16-24)9-12-25-21/h1-7,9-10,12-13,20,23H,8,11,14-16H2. The van der Waals surface area contributed by atoms with E-state index in [9.17, 15) is 0 Å². The third kappa shape index (κ3) is 3.98. The first-order chi connectivity index (χ1) is 12.4. The van der Waals surface area contributed by atoms with Gasteiger partial charge in [0.1, 0.15) is 0 Å². The summed E-state index contributed by atoms with van der Waals surface area (Å²) in [5.74, 6) is 0. The minimum atomic E-state index is 0.394. The molecule has 3 nitrogen and oxygen atoms in total. The molecule has 1 aromatic carbocycles. The summed E-state index contributed by atoms with van der Waals surface area (Å²) < 4.78 is 0. The molecule has 0 saturated heterocycles. The second-order valence-electron chi connectivity index (χ2n) is 6.51. The Morgan fingerprint density at radius 1 is 1.12 bits per heavy atom. The quantitative estimate of drug-likeness (QED) is 0.728. The van der Waals surface area contributed by atoms with Crippen LogP contribution in [0.4, 0.5) is 0 Å². The van der Waals surface area contributed by atoms with Crippen molar-refractivity contribution in [3.8, 4) is 0 Å². The Labute approximate surface area is 153 Å². The fourth-order valence-corrected chi connectivity index (χ4v) is 4.41. The number of nitrogens with one attached hydrogen (secondary N) is 1. The van der Waals surface area contributed by atoms with Gasteiger partial charge in [-0.25, -0.2) is 0 Å². The van der Waals surface area contributed by atoms with E-state index in [-0.39, 0.29) is 0 Å². The van der Waals surface area contributed by atoms with Gasteiger partial charge >= 0.3 is 0 Å². The van der Waals surface area contributed by atoms with Crippen molar-refractivity contribution in [2.24, 2.45) is 0 Å². The summed E-state index contributed by atoms with van der Waals surface area (Å²) in [6.07, 6.45) is 4.92. The van der Waals surface area contributed by atoms with E-state index in [2.05, 4.69) is 63.0 Å². The average molecular weight is 350 g/mol. The van der Waals surface area contributed by atoms with Crippen molar-refractivity contribution < 1.29 is 0 Å². The molecule has 1 N–H and O–H groups in total. The molecule has 0 spiro atoms. The predicted molar refractivity (Wildman–Crippen MR) is 104 cm³/mol. The first-order valence-corrected chi connectivity index (χ1v) is 9.72. The van der Waals surface area contributed by atoms with Crippen molar-refractivity contribution in [3.05, 3.63) is 87.9 Å². The first kappa shape index (κ1) is 16.5. The van der Waals surface area contributed by atoms with Crippen LogP contribution in [0.3, 0.4) is 0 Å². The van der Waals surface area contributed by atoms with Crippen LogP contribution in [0.5, 0.6) is 0 Å². The van der Waals surface area contributed by atoms with Crippen LogP contribution in [0.1, 0.15) is 27.6 Å². The average Bonchev–Trinajstić information content (AvgIpc) is 3.14.